The molecular formula is C23H24N4O2. The minimum absolute atomic E-state index is 0.00773. The summed E-state index contributed by atoms with van der Waals surface area (Å²) in [6.07, 6.45) is 6.15. The second-order valence-corrected chi connectivity index (χ2v) is 7.49. The molecule has 3 aromatic rings. The zero-order valence-corrected chi connectivity index (χ0v) is 16.8. The van der Waals surface area contributed by atoms with Gasteiger partial charge in [0.15, 0.2) is 0 Å². The van der Waals surface area contributed by atoms with Crippen molar-refractivity contribution in [2.24, 2.45) is 0 Å². The van der Waals surface area contributed by atoms with Gasteiger partial charge >= 0.3 is 0 Å². The highest BCUT2D eigenvalue weighted by Crippen LogP contribution is 2.30. The lowest BCUT2D eigenvalue weighted by molar-refractivity contribution is -0.126. The Hall–Kier alpha value is -3.41. The Labute approximate surface area is 169 Å². The number of anilines is 1. The second kappa shape index (κ2) is 7.54. The van der Waals surface area contributed by atoms with Crippen LogP contribution >= 0.6 is 0 Å². The van der Waals surface area contributed by atoms with E-state index in [0.29, 0.717) is 18.7 Å². The molecule has 2 amide bonds. The molecule has 0 radical (unpaired) electrons. The number of H-pyrrole nitrogens is 1. The van der Waals surface area contributed by atoms with E-state index in [-0.39, 0.29) is 17.9 Å². The van der Waals surface area contributed by atoms with E-state index >= 15 is 0 Å². The lowest BCUT2D eigenvalue weighted by atomic mass is 10.0. The number of fused-ring (bicyclic) bond motifs is 2. The number of nitrogens with one attached hydrogen (secondary N) is 2. The molecule has 1 aliphatic heterocycles. The summed E-state index contributed by atoms with van der Waals surface area (Å²) in [7, 11) is 1.82. The summed E-state index contributed by atoms with van der Waals surface area (Å²) >= 11 is 0. The van der Waals surface area contributed by atoms with Gasteiger partial charge in [-0.2, -0.15) is 0 Å². The summed E-state index contributed by atoms with van der Waals surface area (Å²) in [6, 6.07) is 10.0. The monoisotopic (exact) mass is 388 g/mol. The van der Waals surface area contributed by atoms with Crippen molar-refractivity contribution in [3.05, 3.63) is 65.0 Å². The van der Waals surface area contributed by atoms with Crippen LogP contribution in [0.2, 0.25) is 0 Å². The fraction of sp³-hybridized carbons (Fsp3) is 0.261. The Morgan fingerprint density at radius 1 is 1.28 bits per heavy atom. The topological polar surface area (TPSA) is 78.1 Å². The number of aryl methyl sites for hydroxylation is 2. The van der Waals surface area contributed by atoms with Crippen LogP contribution in [-0.2, 0) is 16.0 Å². The molecule has 4 rings (SSSR count). The molecule has 29 heavy (non-hydrogen) atoms. The number of carbonyl (C=O) groups is 2. The standard InChI is InChI=1S/C23H24N4O2/c1-14-22(18-6-4-5-7-19(18)25-14)15(2)27(3)21(29)11-8-16-12-17-9-10-20(28)26-23(17)24-13-16/h4-8,11-13,15,25H,9-10H2,1-3H3,(H,24,26,28). The molecule has 0 saturated carbocycles. The molecule has 1 unspecified atom stereocenters. The Morgan fingerprint density at radius 3 is 2.90 bits per heavy atom. The fourth-order valence-corrected chi connectivity index (χ4v) is 3.87. The van der Waals surface area contributed by atoms with Crippen molar-refractivity contribution in [3.8, 4) is 0 Å². The Morgan fingerprint density at radius 2 is 2.07 bits per heavy atom. The first kappa shape index (κ1) is 18.9. The number of pyridine rings is 1. The molecule has 6 heteroatoms. The van der Waals surface area contributed by atoms with Crippen LogP contribution in [-0.4, -0.2) is 33.7 Å². The highest BCUT2D eigenvalue weighted by molar-refractivity contribution is 5.94. The van der Waals surface area contributed by atoms with Gasteiger partial charge in [-0.1, -0.05) is 18.2 Å². The van der Waals surface area contributed by atoms with E-state index in [9.17, 15) is 9.59 Å². The molecule has 1 aliphatic rings. The third-order valence-electron chi connectivity index (χ3n) is 5.58. The zero-order valence-electron chi connectivity index (χ0n) is 16.8. The molecule has 6 nitrogen and oxygen atoms in total. The highest BCUT2D eigenvalue weighted by Gasteiger charge is 2.21. The van der Waals surface area contributed by atoms with Gasteiger partial charge in [-0.25, -0.2) is 4.98 Å². The fourth-order valence-electron chi connectivity index (χ4n) is 3.87. The van der Waals surface area contributed by atoms with E-state index in [1.54, 1.807) is 23.2 Å². The highest BCUT2D eigenvalue weighted by atomic mass is 16.2. The molecule has 1 aromatic carbocycles. The van der Waals surface area contributed by atoms with Crippen LogP contribution in [0, 0.1) is 6.92 Å². The second-order valence-electron chi connectivity index (χ2n) is 7.49. The van der Waals surface area contributed by atoms with Crippen LogP contribution < -0.4 is 5.32 Å². The molecule has 1 atom stereocenters. The molecule has 0 fully saturated rings. The number of para-hydroxylation sites is 1. The molecule has 148 valence electrons. The molecule has 0 aliphatic carbocycles. The van der Waals surface area contributed by atoms with Crippen molar-refractivity contribution in [2.45, 2.75) is 32.7 Å². The number of likely N-dealkylation sites (N-methyl/N-ethyl adjacent to an activating group) is 1. The van der Waals surface area contributed by atoms with E-state index < -0.39 is 0 Å². The van der Waals surface area contributed by atoms with Crippen molar-refractivity contribution < 1.29 is 9.59 Å². The minimum atomic E-state index is -0.0757. The summed E-state index contributed by atoms with van der Waals surface area (Å²) < 4.78 is 0. The van der Waals surface area contributed by atoms with Gasteiger partial charge in [0.05, 0.1) is 6.04 Å². The van der Waals surface area contributed by atoms with Crippen molar-refractivity contribution in [2.75, 3.05) is 12.4 Å². The number of benzene rings is 1. The normalized spacial score (nSPS) is 14.7. The van der Waals surface area contributed by atoms with Crippen molar-refractivity contribution in [1.82, 2.24) is 14.9 Å². The van der Waals surface area contributed by atoms with Crippen LogP contribution in [0.1, 0.15) is 41.8 Å². The lowest BCUT2D eigenvalue weighted by Gasteiger charge is -2.24. The molecular weight excluding hydrogens is 364 g/mol. The maximum Gasteiger partial charge on any atom is 0.246 e. The maximum atomic E-state index is 12.8. The molecule has 0 spiro atoms. The van der Waals surface area contributed by atoms with Crippen LogP contribution in [0.25, 0.3) is 17.0 Å². The van der Waals surface area contributed by atoms with Crippen LogP contribution in [0.4, 0.5) is 5.82 Å². The minimum Gasteiger partial charge on any atom is -0.358 e. The van der Waals surface area contributed by atoms with E-state index in [1.165, 1.54) is 0 Å². The average molecular weight is 388 g/mol. The number of rotatable bonds is 4. The van der Waals surface area contributed by atoms with Gasteiger partial charge in [0.25, 0.3) is 0 Å². The van der Waals surface area contributed by atoms with Crippen molar-refractivity contribution in [1.29, 1.82) is 0 Å². The third kappa shape index (κ3) is 3.66. The largest absolute Gasteiger partial charge is 0.358 e. The predicted octanol–water partition coefficient (Wildman–Crippen LogP) is 3.99. The van der Waals surface area contributed by atoms with Gasteiger partial charge in [0, 0.05) is 47.9 Å². The first-order chi connectivity index (χ1) is 13.9. The molecule has 0 bridgehead atoms. The lowest BCUT2D eigenvalue weighted by Crippen LogP contribution is -2.28. The molecule has 2 aromatic heterocycles. The first-order valence-electron chi connectivity index (χ1n) is 9.75. The van der Waals surface area contributed by atoms with E-state index in [0.717, 1.165) is 33.3 Å². The van der Waals surface area contributed by atoms with Crippen LogP contribution in [0.15, 0.2) is 42.6 Å². The summed E-state index contributed by atoms with van der Waals surface area (Å²) in [5.74, 6) is 0.533. The van der Waals surface area contributed by atoms with E-state index in [1.807, 2.05) is 45.2 Å². The number of aromatic nitrogens is 2. The van der Waals surface area contributed by atoms with Gasteiger partial charge < -0.3 is 15.2 Å². The predicted molar refractivity (Wildman–Crippen MR) is 114 cm³/mol. The van der Waals surface area contributed by atoms with Gasteiger partial charge in [0.1, 0.15) is 5.82 Å². The van der Waals surface area contributed by atoms with Crippen LogP contribution in [0.5, 0.6) is 0 Å². The van der Waals surface area contributed by atoms with Gasteiger partial charge in [-0.3, -0.25) is 9.59 Å². The average Bonchev–Trinajstić information content (AvgIpc) is 3.06. The molecule has 3 heterocycles. The number of aromatic amines is 1. The quantitative estimate of drug-likeness (QED) is 0.664. The van der Waals surface area contributed by atoms with Gasteiger partial charge in [-0.05, 0) is 49.6 Å². The van der Waals surface area contributed by atoms with E-state index in [2.05, 4.69) is 21.4 Å². The van der Waals surface area contributed by atoms with Gasteiger partial charge in [0.2, 0.25) is 11.8 Å². The number of hydrogen-bond acceptors (Lipinski definition) is 3. The van der Waals surface area contributed by atoms with Crippen molar-refractivity contribution in [3.63, 3.8) is 0 Å². The summed E-state index contributed by atoms with van der Waals surface area (Å²) in [5.41, 5.74) is 5.13. The summed E-state index contributed by atoms with van der Waals surface area (Å²) in [4.78, 5) is 33.7. The Kier molecular flexibility index (Phi) is 4.92. The maximum absolute atomic E-state index is 12.8. The van der Waals surface area contributed by atoms with Gasteiger partial charge in [-0.15, -0.1) is 0 Å². The van der Waals surface area contributed by atoms with E-state index in [4.69, 9.17) is 0 Å². The zero-order chi connectivity index (χ0) is 20.5. The third-order valence-corrected chi connectivity index (χ3v) is 5.58. The SMILES string of the molecule is Cc1[nH]c2ccccc2c1C(C)N(C)C(=O)C=Cc1cnc2c(c1)CCC(=O)N2. The Balaban J connectivity index is 1.52. The van der Waals surface area contributed by atoms with Crippen LogP contribution in [0.3, 0.4) is 0 Å². The molecule has 0 saturated heterocycles. The number of hydrogen-bond donors (Lipinski definition) is 2. The number of amides is 2. The number of carbonyl (C=O) groups excluding carboxylic acids is 2. The molecule has 2 N–H and O–H groups in total. The Bertz CT molecular complexity index is 1130. The first-order valence-corrected chi connectivity index (χ1v) is 9.75. The van der Waals surface area contributed by atoms with Crippen molar-refractivity contribution >= 4 is 34.6 Å². The smallest absolute Gasteiger partial charge is 0.246 e. The summed E-state index contributed by atoms with van der Waals surface area (Å²) in [6.45, 7) is 4.08. The summed E-state index contributed by atoms with van der Waals surface area (Å²) in [5, 5.41) is 3.91. The number of nitrogens with zero attached hydrogens (tertiary/aromatic N) is 2.